The van der Waals surface area contributed by atoms with Gasteiger partial charge in [-0.25, -0.2) is 0 Å². The predicted molar refractivity (Wildman–Crippen MR) is 78.1 cm³/mol. The summed E-state index contributed by atoms with van der Waals surface area (Å²) in [5, 5.41) is 3.16. The average molecular weight is 237 g/mol. The van der Waals surface area contributed by atoms with E-state index in [2.05, 4.69) is 47.8 Å². The normalized spacial score (nSPS) is 14.1. The molecule has 1 N–H and O–H groups in total. The molecule has 0 amide bonds. The number of anilines is 1. The molecule has 0 atom stereocenters. The van der Waals surface area contributed by atoms with Gasteiger partial charge in [-0.3, -0.25) is 0 Å². The third-order valence-corrected chi connectivity index (χ3v) is 3.86. The topological polar surface area (TPSA) is 12.0 Å². The lowest BCUT2D eigenvalue weighted by Gasteiger charge is -2.16. The highest BCUT2D eigenvalue weighted by molar-refractivity contribution is 5.67. The number of fused-ring (bicyclic) bond motifs is 1. The largest absolute Gasteiger partial charge is 0.388 e. The molecule has 18 heavy (non-hydrogen) atoms. The maximum absolute atomic E-state index is 3.16. The van der Waals surface area contributed by atoms with Gasteiger partial charge >= 0.3 is 0 Å². The van der Waals surface area contributed by atoms with Gasteiger partial charge in [0.1, 0.15) is 0 Å². The molecule has 0 aromatic heterocycles. The van der Waals surface area contributed by atoms with E-state index in [1.54, 1.807) is 11.1 Å². The second-order valence-electron chi connectivity index (χ2n) is 5.02. The minimum absolute atomic E-state index is 1.16. The van der Waals surface area contributed by atoms with Gasteiger partial charge in [-0.05, 0) is 60.1 Å². The molecule has 1 aliphatic rings. The molecule has 92 valence electrons. The minimum Gasteiger partial charge on any atom is -0.388 e. The smallest absolute Gasteiger partial charge is 0.0337 e. The van der Waals surface area contributed by atoms with E-state index < -0.39 is 0 Å². The van der Waals surface area contributed by atoms with Crippen LogP contribution in [0.15, 0.2) is 42.5 Å². The van der Waals surface area contributed by atoms with Crippen LogP contribution >= 0.6 is 0 Å². The summed E-state index contributed by atoms with van der Waals surface area (Å²) in [7, 11) is 1.95. The van der Waals surface area contributed by atoms with Crippen molar-refractivity contribution in [3.05, 3.63) is 53.6 Å². The van der Waals surface area contributed by atoms with Gasteiger partial charge in [-0.2, -0.15) is 0 Å². The summed E-state index contributed by atoms with van der Waals surface area (Å²) < 4.78 is 0. The molecule has 0 fully saturated rings. The molecular formula is C17H19N. The first-order valence-corrected chi connectivity index (χ1v) is 6.77. The van der Waals surface area contributed by atoms with Crippen molar-refractivity contribution >= 4 is 5.69 Å². The maximum Gasteiger partial charge on any atom is 0.0337 e. The van der Waals surface area contributed by atoms with Gasteiger partial charge in [0.05, 0.1) is 0 Å². The van der Waals surface area contributed by atoms with Crippen molar-refractivity contribution in [2.45, 2.75) is 25.7 Å². The van der Waals surface area contributed by atoms with Crippen molar-refractivity contribution in [2.75, 3.05) is 12.4 Å². The first kappa shape index (κ1) is 11.3. The third kappa shape index (κ3) is 2.13. The molecule has 0 radical (unpaired) electrons. The second-order valence-corrected chi connectivity index (χ2v) is 5.02. The predicted octanol–water partition coefficient (Wildman–Crippen LogP) is 4.27. The van der Waals surface area contributed by atoms with Crippen LogP contribution in [0.3, 0.4) is 0 Å². The van der Waals surface area contributed by atoms with E-state index in [-0.39, 0.29) is 0 Å². The Labute approximate surface area is 109 Å². The van der Waals surface area contributed by atoms with Crippen LogP contribution in [0.2, 0.25) is 0 Å². The SMILES string of the molecule is CNc1ccc(-c2ccc3c(c2)CCCC3)cc1. The van der Waals surface area contributed by atoms with Crippen molar-refractivity contribution in [1.82, 2.24) is 0 Å². The van der Waals surface area contributed by atoms with Crippen LogP contribution in [0.5, 0.6) is 0 Å². The van der Waals surface area contributed by atoms with Gasteiger partial charge in [0.15, 0.2) is 0 Å². The van der Waals surface area contributed by atoms with E-state index in [0.29, 0.717) is 0 Å². The van der Waals surface area contributed by atoms with Crippen LogP contribution in [-0.2, 0) is 12.8 Å². The van der Waals surface area contributed by atoms with Gasteiger partial charge < -0.3 is 5.32 Å². The zero-order valence-corrected chi connectivity index (χ0v) is 10.9. The fourth-order valence-electron chi connectivity index (χ4n) is 2.74. The fourth-order valence-corrected chi connectivity index (χ4v) is 2.74. The number of benzene rings is 2. The highest BCUT2D eigenvalue weighted by Gasteiger charge is 2.09. The van der Waals surface area contributed by atoms with Crippen molar-refractivity contribution in [3.8, 4) is 11.1 Å². The maximum atomic E-state index is 3.16. The summed E-state index contributed by atoms with van der Waals surface area (Å²) in [6.45, 7) is 0. The van der Waals surface area contributed by atoms with E-state index in [9.17, 15) is 0 Å². The molecule has 2 aromatic carbocycles. The highest BCUT2D eigenvalue weighted by Crippen LogP contribution is 2.28. The van der Waals surface area contributed by atoms with Crippen LogP contribution in [0.25, 0.3) is 11.1 Å². The van der Waals surface area contributed by atoms with Gasteiger partial charge in [0, 0.05) is 12.7 Å². The molecular weight excluding hydrogens is 218 g/mol. The molecule has 0 unspecified atom stereocenters. The Morgan fingerprint density at radius 3 is 2.17 bits per heavy atom. The lowest BCUT2D eigenvalue weighted by molar-refractivity contribution is 0.686. The molecule has 0 spiro atoms. The van der Waals surface area contributed by atoms with Crippen molar-refractivity contribution in [3.63, 3.8) is 0 Å². The Balaban J connectivity index is 1.95. The second kappa shape index (κ2) is 4.85. The summed E-state index contributed by atoms with van der Waals surface area (Å²) in [5.74, 6) is 0. The number of hydrogen-bond acceptors (Lipinski definition) is 1. The Hall–Kier alpha value is -1.76. The van der Waals surface area contributed by atoms with E-state index in [1.807, 2.05) is 7.05 Å². The lowest BCUT2D eigenvalue weighted by atomic mass is 9.89. The Bertz CT molecular complexity index is 540. The first-order valence-electron chi connectivity index (χ1n) is 6.77. The summed E-state index contributed by atoms with van der Waals surface area (Å²) in [6.07, 6.45) is 5.20. The third-order valence-electron chi connectivity index (χ3n) is 3.86. The molecule has 0 saturated carbocycles. The van der Waals surface area contributed by atoms with Gasteiger partial charge in [0.2, 0.25) is 0 Å². The van der Waals surface area contributed by atoms with Gasteiger partial charge in [-0.15, -0.1) is 0 Å². The van der Waals surface area contributed by atoms with E-state index in [4.69, 9.17) is 0 Å². The average Bonchev–Trinajstić information content (AvgIpc) is 2.47. The molecule has 1 nitrogen and oxygen atoms in total. The van der Waals surface area contributed by atoms with Crippen molar-refractivity contribution in [2.24, 2.45) is 0 Å². The Morgan fingerprint density at radius 2 is 1.44 bits per heavy atom. The Kier molecular flexibility index (Phi) is 3.06. The molecule has 0 heterocycles. The number of rotatable bonds is 2. The van der Waals surface area contributed by atoms with Crippen molar-refractivity contribution in [1.29, 1.82) is 0 Å². The fraction of sp³-hybridized carbons (Fsp3) is 0.294. The summed E-state index contributed by atoms with van der Waals surface area (Å²) >= 11 is 0. The van der Waals surface area contributed by atoms with Gasteiger partial charge in [0.25, 0.3) is 0 Å². The number of hydrogen-bond donors (Lipinski definition) is 1. The standard InChI is InChI=1S/C17H19N/c1-18-17-10-8-14(9-11-17)16-7-6-13-4-2-3-5-15(13)12-16/h6-12,18H,2-5H2,1H3. The zero-order chi connectivity index (χ0) is 12.4. The number of nitrogens with one attached hydrogen (secondary N) is 1. The highest BCUT2D eigenvalue weighted by atomic mass is 14.8. The molecule has 2 aromatic rings. The van der Waals surface area contributed by atoms with Crippen LogP contribution in [-0.4, -0.2) is 7.05 Å². The van der Waals surface area contributed by atoms with E-state index in [0.717, 1.165) is 5.69 Å². The quantitative estimate of drug-likeness (QED) is 0.822. The Morgan fingerprint density at radius 1 is 0.778 bits per heavy atom. The molecule has 0 bridgehead atoms. The number of aryl methyl sites for hydroxylation is 2. The molecule has 1 heteroatoms. The van der Waals surface area contributed by atoms with Crippen molar-refractivity contribution < 1.29 is 0 Å². The summed E-state index contributed by atoms with van der Waals surface area (Å²) in [4.78, 5) is 0. The van der Waals surface area contributed by atoms with Crippen LogP contribution < -0.4 is 5.32 Å². The molecule has 0 saturated heterocycles. The minimum atomic E-state index is 1.16. The molecule has 0 aliphatic heterocycles. The van der Waals surface area contributed by atoms with Crippen LogP contribution in [0.4, 0.5) is 5.69 Å². The first-order chi connectivity index (χ1) is 8.86. The van der Waals surface area contributed by atoms with E-state index in [1.165, 1.54) is 36.8 Å². The monoisotopic (exact) mass is 237 g/mol. The zero-order valence-electron chi connectivity index (χ0n) is 10.9. The van der Waals surface area contributed by atoms with Crippen LogP contribution in [0.1, 0.15) is 24.0 Å². The van der Waals surface area contributed by atoms with Crippen LogP contribution in [0, 0.1) is 0 Å². The van der Waals surface area contributed by atoms with E-state index >= 15 is 0 Å². The molecule has 3 rings (SSSR count). The van der Waals surface area contributed by atoms with Gasteiger partial charge in [-0.1, -0.05) is 30.3 Å². The summed E-state index contributed by atoms with van der Waals surface area (Å²) in [5.41, 5.74) is 6.92. The summed E-state index contributed by atoms with van der Waals surface area (Å²) in [6, 6.07) is 15.6. The molecule has 1 aliphatic carbocycles. The lowest BCUT2D eigenvalue weighted by Crippen LogP contribution is -2.02.